The van der Waals surface area contributed by atoms with Crippen molar-refractivity contribution in [2.24, 2.45) is 5.92 Å². The van der Waals surface area contributed by atoms with E-state index >= 15 is 0 Å². The van der Waals surface area contributed by atoms with Crippen molar-refractivity contribution in [2.75, 3.05) is 13.1 Å². The molecule has 0 bridgehead atoms. The van der Waals surface area contributed by atoms with Crippen LogP contribution in [0.3, 0.4) is 0 Å². The number of carbonyl (C=O) groups excluding carboxylic acids is 1. The molecule has 0 radical (unpaired) electrons. The summed E-state index contributed by atoms with van der Waals surface area (Å²) >= 11 is 2.10. The first kappa shape index (κ1) is 15.8. The predicted octanol–water partition coefficient (Wildman–Crippen LogP) is 3.01. The van der Waals surface area contributed by atoms with Crippen LogP contribution >= 0.6 is 22.6 Å². The minimum atomic E-state index is -0.222. The molecule has 1 aromatic rings. The predicted molar refractivity (Wildman–Crippen MR) is 81.8 cm³/mol. The van der Waals surface area contributed by atoms with Gasteiger partial charge in [-0.3, -0.25) is 4.79 Å². The van der Waals surface area contributed by atoms with Crippen molar-refractivity contribution in [3.8, 4) is 11.8 Å². The highest BCUT2D eigenvalue weighted by atomic mass is 127. The summed E-state index contributed by atoms with van der Waals surface area (Å²) in [6.07, 6.45) is 0.295. The second-order valence-electron chi connectivity index (χ2n) is 4.71. The van der Waals surface area contributed by atoms with Gasteiger partial charge in [0.1, 0.15) is 5.75 Å². The van der Waals surface area contributed by atoms with Gasteiger partial charge < -0.3 is 10.0 Å². The molecule has 4 nitrogen and oxygen atoms in total. The minimum Gasteiger partial charge on any atom is -0.507 e. The molecule has 19 heavy (non-hydrogen) atoms. The number of rotatable bonds is 5. The summed E-state index contributed by atoms with van der Waals surface area (Å²) in [6.45, 7) is 4.99. The summed E-state index contributed by atoms with van der Waals surface area (Å²) in [7, 11) is 0. The van der Waals surface area contributed by atoms with Gasteiger partial charge in [0.25, 0.3) is 5.91 Å². The first-order valence-corrected chi connectivity index (χ1v) is 7.18. The highest BCUT2D eigenvalue weighted by Crippen LogP contribution is 2.22. The van der Waals surface area contributed by atoms with Gasteiger partial charge in [-0.2, -0.15) is 5.26 Å². The number of nitriles is 1. The lowest BCUT2D eigenvalue weighted by molar-refractivity contribution is 0.0737. The molecule has 0 saturated carbocycles. The number of phenolic OH excluding ortho intramolecular Hbond substituents is 1. The van der Waals surface area contributed by atoms with Crippen molar-refractivity contribution < 1.29 is 9.90 Å². The third kappa shape index (κ3) is 4.71. The van der Waals surface area contributed by atoms with Crippen LogP contribution in [-0.4, -0.2) is 29.0 Å². The number of carbonyl (C=O) groups is 1. The Bertz CT molecular complexity index is 495. The molecule has 0 spiro atoms. The summed E-state index contributed by atoms with van der Waals surface area (Å²) < 4.78 is 0.892. The Kier molecular flexibility index (Phi) is 6.09. The highest BCUT2D eigenvalue weighted by Gasteiger charge is 2.19. The Hall–Kier alpha value is -1.29. The van der Waals surface area contributed by atoms with E-state index in [1.165, 1.54) is 6.07 Å². The standard InChI is InChI=1S/C14H17IN2O2/c1-10(2)9-17(7-3-6-16)14(19)12-8-11(15)4-5-13(12)18/h4-5,8,10,18H,3,7,9H2,1-2H3. The normalized spacial score (nSPS) is 10.3. The summed E-state index contributed by atoms with van der Waals surface area (Å²) in [4.78, 5) is 14.0. The molecular formula is C14H17IN2O2. The molecule has 5 heteroatoms. The Balaban J connectivity index is 2.97. The Morgan fingerprint density at radius 1 is 1.53 bits per heavy atom. The second kappa shape index (κ2) is 7.34. The molecule has 0 aromatic heterocycles. The summed E-state index contributed by atoms with van der Waals surface area (Å²) in [5, 5.41) is 18.5. The van der Waals surface area contributed by atoms with E-state index < -0.39 is 0 Å². The molecule has 0 unspecified atom stereocenters. The van der Waals surface area contributed by atoms with Crippen molar-refractivity contribution in [2.45, 2.75) is 20.3 Å². The molecule has 1 amide bonds. The first-order chi connectivity index (χ1) is 8.95. The lowest BCUT2D eigenvalue weighted by atomic mass is 10.1. The van der Waals surface area contributed by atoms with Gasteiger partial charge >= 0.3 is 0 Å². The van der Waals surface area contributed by atoms with Crippen molar-refractivity contribution in [1.29, 1.82) is 5.26 Å². The zero-order chi connectivity index (χ0) is 14.4. The Morgan fingerprint density at radius 3 is 2.79 bits per heavy atom. The zero-order valence-corrected chi connectivity index (χ0v) is 13.2. The summed E-state index contributed by atoms with van der Waals surface area (Å²) in [5.74, 6) is 0.0728. The third-order valence-electron chi connectivity index (χ3n) is 2.56. The number of nitrogens with zero attached hydrogens (tertiary/aromatic N) is 2. The maximum Gasteiger partial charge on any atom is 0.257 e. The molecule has 0 aliphatic carbocycles. The maximum atomic E-state index is 12.4. The van der Waals surface area contributed by atoms with Crippen LogP contribution in [0.4, 0.5) is 0 Å². The van der Waals surface area contributed by atoms with Crippen LogP contribution in [0.1, 0.15) is 30.6 Å². The number of amides is 1. The second-order valence-corrected chi connectivity index (χ2v) is 5.96. The molecular weight excluding hydrogens is 355 g/mol. The van der Waals surface area contributed by atoms with Crippen LogP contribution in [0, 0.1) is 20.8 Å². The van der Waals surface area contributed by atoms with Gasteiger partial charge in [-0.1, -0.05) is 13.8 Å². The summed E-state index contributed by atoms with van der Waals surface area (Å²) in [5.41, 5.74) is 0.297. The SMILES string of the molecule is CC(C)CN(CCC#N)C(=O)c1cc(I)ccc1O. The van der Waals surface area contributed by atoms with Crippen molar-refractivity contribution in [1.82, 2.24) is 4.90 Å². The third-order valence-corrected chi connectivity index (χ3v) is 3.23. The van der Waals surface area contributed by atoms with E-state index in [4.69, 9.17) is 5.26 Å². The monoisotopic (exact) mass is 372 g/mol. The average Bonchev–Trinajstić information content (AvgIpc) is 2.36. The average molecular weight is 372 g/mol. The van der Waals surface area contributed by atoms with Gasteiger partial charge in [0, 0.05) is 16.7 Å². The van der Waals surface area contributed by atoms with Crippen LogP contribution in [0.5, 0.6) is 5.75 Å². The highest BCUT2D eigenvalue weighted by molar-refractivity contribution is 14.1. The molecule has 0 heterocycles. The number of aromatic hydroxyl groups is 1. The maximum absolute atomic E-state index is 12.4. The smallest absolute Gasteiger partial charge is 0.257 e. The largest absolute Gasteiger partial charge is 0.507 e. The van der Waals surface area contributed by atoms with E-state index in [1.807, 2.05) is 19.9 Å². The van der Waals surface area contributed by atoms with Gasteiger partial charge in [0.15, 0.2) is 0 Å². The fraction of sp³-hybridized carbons (Fsp3) is 0.429. The van der Waals surface area contributed by atoms with Crippen LogP contribution in [0.15, 0.2) is 18.2 Å². The van der Waals surface area contributed by atoms with E-state index in [2.05, 4.69) is 22.6 Å². The van der Waals surface area contributed by atoms with E-state index in [0.29, 0.717) is 31.0 Å². The molecule has 1 rings (SSSR count). The number of hydrogen-bond acceptors (Lipinski definition) is 3. The minimum absolute atomic E-state index is 0.0175. The molecule has 0 fully saturated rings. The van der Waals surface area contributed by atoms with E-state index in [-0.39, 0.29) is 11.7 Å². The quantitative estimate of drug-likeness (QED) is 0.809. The number of benzene rings is 1. The lowest BCUT2D eigenvalue weighted by Gasteiger charge is -2.24. The van der Waals surface area contributed by atoms with Crippen LogP contribution in [-0.2, 0) is 0 Å². The fourth-order valence-electron chi connectivity index (χ4n) is 1.75. The Morgan fingerprint density at radius 2 is 2.21 bits per heavy atom. The van der Waals surface area contributed by atoms with Crippen molar-refractivity contribution >= 4 is 28.5 Å². The Labute approximate surface area is 127 Å². The molecule has 0 atom stereocenters. The molecule has 102 valence electrons. The molecule has 1 aromatic carbocycles. The van der Waals surface area contributed by atoms with Crippen LogP contribution in [0.25, 0.3) is 0 Å². The number of hydrogen-bond donors (Lipinski definition) is 1. The first-order valence-electron chi connectivity index (χ1n) is 6.10. The number of halogens is 1. The van der Waals surface area contributed by atoms with E-state index in [9.17, 15) is 9.90 Å². The molecule has 1 N–H and O–H groups in total. The van der Waals surface area contributed by atoms with E-state index in [0.717, 1.165) is 3.57 Å². The van der Waals surface area contributed by atoms with Crippen molar-refractivity contribution in [3.63, 3.8) is 0 Å². The molecule has 0 saturated heterocycles. The summed E-state index contributed by atoms with van der Waals surface area (Å²) in [6, 6.07) is 6.98. The lowest BCUT2D eigenvalue weighted by Crippen LogP contribution is -2.35. The molecule has 0 aliphatic heterocycles. The van der Waals surface area contributed by atoms with Crippen LogP contribution < -0.4 is 0 Å². The van der Waals surface area contributed by atoms with Gasteiger partial charge in [-0.15, -0.1) is 0 Å². The van der Waals surface area contributed by atoms with Gasteiger partial charge in [0.2, 0.25) is 0 Å². The topological polar surface area (TPSA) is 64.3 Å². The zero-order valence-electron chi connectivity index (χ0n) is 11.1. The number of phenols is 1. The van der Waals surface area contributed by atoms with Gasteiger partial charge in [-0.05, 0) is 46.7 Å². The van der Waals surface area contributed by atoms with Crippen LogP contribution in [0.2, 0.25) is 0 Å². The van der Waals surface area contributed by atoms with Gasteiger partial charge in [0.05, 0.1) is 18.1 Å². The molecule has 0 aliphatic rings. The fourth-order valence-corrected chi connectivity index (χ4v) is 2.24. The van der Waals surface area contributed by atoms with E-state index in [1.54, 1.807) is 17.0 Å². The van der Waals surface area contributed by atoms with Crippen molar-refractivity contribution in [3.05, 3.63) is 27.3 Å². The van der Waals surface area contributed by atoms with Gasteiger partial charge in [-0.25, -0.2) is 0 Å².